The molecular formula is C15H20N4O3S. The van der Waals surface area contributed by atoms with Crippen LogP contribution in [0, 0.1) is 6.92 Å². The Bertz CT molecular complexity index is 765. The van der Waals surface area contributed by atoms with Crippen LogP contribution in [0.5, 0.6) is 0 Å². The van der Waals surface area contributed by atoms with E-state index in [1.54, 1.807) is 0 Å². The molecule has 124 valence electrons. The molecule has 7 nitrogen and oxygen atoms in total. The van der Waals surface area contributed by atoms with Gasteiger partial charge in [-0.2, -0.15) is 12.7 Å². The van der Waals surface area contributed by atoms with Crippen LogP contribution in [-0.4, -0.2) is 48.8 Å². The van der Waals surface area contributed by atoms with E-state index in [1.165, 1.54) is 4.31 Å². The van der Waals surface area contributed by atoms with Gasteiger partial charge in [-0.25, -0.2) is 10.1 Å². The van der Waals surface area contributed by atoms with Crippen molar-refractivity contribution in [1.82, 2.24) is 14.2 Å². The highest BCUT2D eigenvalue weighted by Gasteiger charge is 2.25. The Hall–Kier alpha value is -1.74. The Morgan fingerprint density at radius 2 is 1.83 bits per heavy atom. The maximum Gasteiger partial charge on any atom is 0.276 e. The lowest BCUT2D eigenvalue weighted by atomic mass is 10.2. The third-order valence-electron chi connectivity index (χ3n) is 3.98. The highest BCUT2D eigenvalue weighted by molar-refractivity contribution is 7.86. The molecular weight excluding hydrogens is 316 g/mol. The number of nitrogens with zero attached hydrogens (tertiary/aromatic N) is 3. The van der Waals surface area contributed by atoms with E-state index >= 15 is 0 Å². The lowest BCUT2D eigenvalue weighted by molar-refractivity contribution is 0.179. The van der Waals surface area contributed by atoms with Crippen LogP contribution in [0.15, 0.2) is 34.7 Å². The van der Waals surface area contributed by atoms with Crippen LogP contribution in [0.3, 0.4) is 0 Å². The van der Waals surface area contributed by atoms with Gasteiger partial charge in [-0.05, 0) is 19.1 Å². The van der Waals surface area contributed by atoms with Crippen molar-refractivity contribution in [2.24, 2.45) is 5.14 Å². The predicted molar refractivity (Wildman–Crippen MR) is 86.6 cm³/mol. The third kappa shape index (κ3) is 3.78. The molecule has 1 aliphatic heterocycles. The number of nitrogens with two attached hydrogens (primary N) is 1. The van der Waals surface area contributed by atoms with Crippen LogP contribution >= 0.6 is 0 Å². The Labute approximate surface area is 135 Å². The molecule has 1 aromatic heterocycles. The number of aryl methyl sites for hydroxylation is 1. The van der Waals surface area contributed by atoms with Crippen molar-refractivity contribution in [2.75, 3.05) is 26.2 Å². The molecule has 1 fully saturated rings. The van der Waals surface area contributed by atoms with Crippen LogP contribution in [0.4, 0.5) is 0 Å². The summed E-state index contributed by atoms with van der Waals surface area (Å²) >= 11 is 0. The summed E-state index contributed by atoms with van der Waals surface area (Å²) in [6, 6.07) is 9.76. The first-order chi connectivity index (χ1) is 10.9. The second kappa shape index (κ2) is 6.40. The number of rotatable bonds is 4. The molecule has 8 heteroatoms. The van der Waals surface area contributed by atoms with Crippen molar-refractivity contribution in [2.45, 2.75) is 13.5 Å². The van der Waals surface area contributed by atoms with Gasteiger partial charge < -0.3 is 4.42 Å². The van der Waals surface area contributed by atoms with Gasteiger partial charge in [-0.1, -0.05) is 18.2 Å². The second-order valence-electron chi connectivity index (χ2n) is 5.61. The first-order valence-corrected chi connectivity index (χ1v) is 8.96. The number of hydrogen-bond donors (Lipinski definition) is 1. The summed E-state index contributed by atoms with van der Waals surface area (Å²) in [7, 11) is -3.59. The zero-order chi connectivity index (χ0) is 16.4. The second-order valence-corrected chi connectivity index (χ2v) is 7.15. The smallest absolute Gasteiger partial charge is 0.276 e. The minimum absolute atomic E-state index is 0.404. The lowest BCUT2D eigenvalue weighted by Gasteiger charge is -2.32. The summed E-state index contributed by atoms with van der Waals surface area (Å²) in [6.07, 6.45) is 0. The Morgan fingerprint density at radius 3 is 2.43 bits per heavy atom. The first kappa shape index (κ1) is 16.1. The van der Waals surface area contributed by atoms with E-state index in [0.29, 0.717) is 38.6 Å². The fourth-order valence-electron chi connectivity index (χ4n) is 2.63. The van der Waals surface area contributed by atoms with E-state index in [-0.39, 0.29) is 0 Å². The molecule has 2 N–H and O–H groups in total. The molecule has 0 atom stereocenters. The third-order valence-corrected chi connectivity index (χ3v) is 5.06. The van der Waals surface area contributed by atoms with E-state index in [9.17, 15) is 8.42 Å². The minimum atomic E-state index is -3.59. The summed E-state index contributed by atoms with van der Waals surface area (Å²) < 4.78 is 29.7. The lowest BCUT2D eigenvalue weighted by Crippen LogP contribution is -2.50. The van der Waals surface area contributed by atoms with Crippen LogP contribution in [0.2, 0.25) is 0 Å². The summed E-state index contributed by atoms with van der Waals surface area (Å²) in [6.45, 7) is 4.60. The van der Waals surface area contributed by atoms with Gasteiger partial charge >= 0.3 is 0 Å². The molecule has 0 spiro atoms. The van der Waals surface area contributed by atoms with Crippen molar-refractivity contribution in [3.8, 4) is 11.5 Å². The van der Waals surface area contributed by atoms with Crippen molar-refractivity contribution in [3.63, 3.8) is 0 Å². The number of aromatic nitrogens is 1. The largest absolute Gasteiger partial charge is 0.441 e. The van der Waals surface area contributed by atoms with Crippen LogP contribution in [-0.2, 0) is 16.8 Å². The Kier molecular flexibility index (Phi) is 4.49. The molecule has 0 amide bonds. The van der Waals surface area contributed by atoms with Gasteiger partial charge in [0.25, 0.3) is 10.2 Å². The standard InChI is InChI=1S/C15H20N4O3S/c1-12-14(17-15(22-12)13-5-3-2-4-6-13)11-18-7-9-19(10-8-18)23(16,20)21/h2-6H,7-11H2,1H3,(H2,16,20,21). The normalized spacial score (nSPS) is 17.5. The number of hydrogen-bond acceptors (Lipinski definition) is 5. The fourth-order valence-corrected chi connectivity index (χ4v) is 3.31. The summed E-state index contributed by atoms with van der Waals surface area (Å²) in [5.41, 5.74) is 1.83. The molecule has 1 aromatic carbocycles. The molecule has 23 heavy (non-hydrogen) atoms. The van der Waals surface area contributed by atoms with Crippen LogP contribution < -0.4 is 5.14 Å². The Balaban J connectivity index is 1.67. The first-order valence-electron chi connectivity index (χ1n) is 7.45. The average Bonchev–Trinajstić information content (AvgIpc) is 2.89. The van der Waals surface area contributed by atoms with Gasteiger partial charge in [-0.3, -0.25) is 4.90 Å². The van der Waals surface area contributed by atoms with Crippen molar-refractivity contribution in [3.05, 3.63) is 41.8 Å². The molecule has 0 bridgehead atoms. The van der Waals surface area contributed by atoms with Crippen LogP contribution in [0.25, 0.3) is 11.5 Å². The molecule has 2 heterocycles. The molecule has 2 aromatic rings. The average molecular weight is 336 g/mol. The van der Waals surface area contributed by atoms with Crippen molar-refractivity contribution >= 4 is 10.2 Å². The molecule has 0 aliphatic carbocycles. The van der Waals surface area contributed by atoms with Gasteiger partial charge in [0, 0.05) is 38.3 Å². The topological polar surface area (TPSA) is 92.7 Å². The van der Waals surface area contributed by atoms with Gasteiger partial charge in [0.15, 0.2) is 0 Å². The number of benzene rings is 1. The summed E-state index contributed by atoms with van der Waals surface area (Å²) in [5, 5.41) is 5.15. The zero-order valence-corrected chi connectivity index (χ0v) is 13.8. The van der Waals surface area contributed by atoms with Crippen LogP contribution in [0.1, 0.15) is 11.5 Å². The van der Waals surface area contributed by atoms with E-state index in [2.05, 4.69) is 9.88 Å². The molecule has 0 saturated carbocycles. The predicted octanol–water partition coefficient (Wildman–Crippen LogP) is 0.971. The molecule has 1 aliphatic rings. The number of oxazole rings is 1. The van der Waals surface area contributed by atoms with Gasteiger partial charge in [0.05, 0.1) is 5.69 Å². The van der Waals surface area contributed by atoms with Gasteiger partial charge in [-0.15, -0.1) is 0 Å². The summed E-state index contributed by atoms with van der Waals surface area (Å²) in [4.78, 5) is 6.73. The fraction of sp³-hybridized carbons (Fsp3) is 0.400. The van der Waals surface area contributed by atoms with Crippen molar-refractivity contribution < 1.29 is 12.8 Å². The summed E-state index contributed by atoms with van der Waals surface area (Å²) in [5.74, 6) is 1.40. The van der Waals surface area contributed by atoms with E-state index < -0.39 is 10.2 Å². The zero-order valence-electron chi connectivity index (χ0n) is 13.0. The molecule has 0 unspecified atom stereocenters. The highest BCUT2D eigenvalue weighted by Crippen LogP contribution is 2.22. The van der Waals surface area contributed by atoms with E-state index in [1.807, 2.05) is 37.3 Å². The highest BCUT2D eigenvalue weighted by atomic mass is 32.2. The van der Waals surface area contributed by atoms with E-state index in [0.717, 1.165) is 17.0 Å². The molecule has 1 saturated heterocycles. The molecule has 3 rings (SSSR count). The maximum atomic E-state index is 11.3. The maximum absolute atomic E-state index is 11.3. The van der Waals surface area contributed by atoms with E-state index in [4.69, 9.17) is 9.56 Å². The van der Waals surface area contributed by atoms with Crippen molar-refractivity contribution in [1.29, 1.82) is 0 Å². The Morgan fingerprint density at radius 1 is 1.17 bits per heavy atom. The monoisotopic (exact) mass is 336 g/mol. The quantitative estimate of drug-likeness (QED) is 0.898. The number of piperazine rings is 1. The minimum Gasteiger partial charge on any atom is -0.441 e. The molecule has 0 radical (unpaired) electrons. The van der Waals surface area contributed by atoms with Gasteiger partial charge in [0.2, 0.25) is 5.89 Å². The van der Waals surface area contributed by atoms with Gasteiger partial charge in [0.1, 0.15) is 5.76 Å². The SMILES string of the molecule is Cc1oc(-c2ccccc2)nc1CN1CCN(S(N)(=O)=O)CC1.